The van der Waals surface area contributed by atoms with Crippen LogP contribution in [0.15, 0.2) is 27.9 Å². The van der Waals surface area contributed by atoms with Crippen LogP contribution in [0.5, 0.6) is 17.2 Å². The van der Waals surface area contributed by atoms with Gasteiger partial charge in [0.25, 0.3) is 5.56 Å². The summed E-state index contributed by atoms with van der Waals surface area (Å²) in [6.45, 7) is 8.20. The number of carbonyl (C=O) groups is 2. The molecule has 2 aromatic rings. The molecule has 538 valence electrons. The van der Waals surface area contributed by atoms with Gasteiger partial charge in [-0.15, -0.1) is 0 Å². The van der Waals surface area contributed by atoms with Gasteiger partial charge in [-0.3, -0.25) is 28.5 Å². The van der Waals surface area contributed by atoms with E-state index >= 15 is 0 Å². The molecule has 1 aliphatic heterocycles. The first kappa shape index (κ1) is 83.5. The minimum Gasteiger partial charge on any atom is -0.490 e. The van der Waals surface area contributed by atoms with E-state index in [1.807, 2.05) is 0 Å². The van der Waals surface area contributed by atoms with E-state index in [0.29, 0.717) is 25.2 Å². The molecule has 0 amide bonds. The first-order valence-corrected chi connectivity index (χ1v) is 39.5. The number of phosphoric ester groups is 1. The van der Waals surface area contributed by atoms with Crippen LogP contribution in [-0.4, -0.2) is 79.6 Å². The van der Waals surface area contributed by atoms with Crippen molar-refractivity contribution in [2.45, 2.75) is 379 Å². The zero-order chi connectivity index (χ0) is 67.5. The summed E-state index contributed by atoms with van der Waals surface area (Å²) in [6, 6.07) is 3.13. The highest BCUT2D eigenvalue weighted by atomic mass is 31.2. The van der Waals surface area contributed by atoms with Crippen molar-refractivity contribution < 1.29 is 62.4 Å². The molecule has 1 aromatic heterocycles. The van der Waals surface area contributed by atoms with E-state index in [2.05, 4.69) is 25.8 Å². The lowest BCUT2D eigenvalue weighted by Gasteiger charge is -2.39. The number of ether oxygens (including phenoxy) is 5. The van der Waals surface area contributed by atoms with Gasteiger partial charge in [0.1, 0.15) is 12.3 Å². The molecule has 18 heteroatoms. The summed E-state index contributed by atoms with van der Waals surface area (Å²) >= 11 is 0. The molecule has 1 unspecified atom stereocenters. The number of aliphatic hydroxyl groups excluding tert-OH is 1. The molecule has 0 saturated carbocycles. The number of aliphatic carboxylic acids is 1. The molecule has 0 spiro atoms. The van der Waals surface area contributed by atoms with E-state index in [1.165, 1.54) is 244 Å². The SMILES string of the molecule is CCCCCCCCCCCCCCCCCCOc1cc(C(OC(=O)CCC(=O)O)[C@]2(OP(=O)(O)O)C[C@H](n3cc(C)c(=O)[nH]c3=O)O[C@@H]2CO)cc(OCCCCCCCCCCCCCCCCCC)c1OCCCCCCCCCCCCCCCCCC. The number of phosphoric acid groups is 1. The number of benzene rings is 1. The minimum atomic E-state index is -5.61. The smallest absolute Gasteiger partial charge is 0.470 e. The Labute approximate surface area is 562 Å². The van der Waals surface area contributed by atoms with Crippen molar-refractivity contribution in [2.24, 2.45) is 0 Å². The molecular formula is C75H133N2O15P. The maximum absolute atomic E-state index is 14.0. The number of nitrogens with zero attached hydrogens (tertiary/aromatic N) is 1. The normalized spacial score (nSPS) is 16.1. The van der Waals surface area contributed by atoms with Crippen LogP contribution in [0.2, 0.25) is 0 Å². The van der Waals surface area contributed by atoms with Gasteiger partial charge in [0.05, 0.1) is 39.3 Å². The lowest BCUT2D eigenvalue weighted by atomic mass is 9.84. The molecule has 4 atom stereocenters. The van der Waals surface area contributed by atoms with Crippen LogP contribution < -0.4 is 25.5 Å². The van der Waals surface area contributed by atoms with E-state index in [4.69, 9.17) is 28.2 Å². The predicted octanol–water partition coefficient (Wildman–Crippen LogP) is 20.0. The standard InChI is InChI=1S/C75H133N2O15P/c1-5-8-11-14-17-20-23-26-29-32-35-38-41-44-47-50-55-87-65-58-64(72(91-70(81)54-53-69(79)80)75(92-93(84,85)86)60-68(90-67(75)62-78)77-61-63(4)73(82)76-74(77)83)59-66(88-56-51-48-45-42-39-36-33-30-27-24-21-18-15-12-9-6-2)71(65)89-57-52-49-46-43-40-37-34-31-28-25-22-19-16-13-10-7-3/h58-59,61,67-68,72,78H,5-57,60,62H2,1-4H3,(H,79,80)(H,76,82,83)(H2,84,85,86)/t67-,68-,72?,75+/m1/s1. The van der Waals surface area contributed by atoms with Crippen LogP contribution in [0, 0.1) is 6.92 Å². The van der Waals surface area contributed by atoms with E-state index in [-0.39, 0.29) is 35.8 Å². The number of hydrogen-bond donors (Lipinski definition) is 5. The number of aromatic nitrogens is 2. The molecule has 17 nitrogen and oxygen atoms in total. The van der Waals surface area contributed by atoms with Crippen molar-refractivity contribution in [1.82, 2.24) is 9.55 Å². The fourth-order valence-corrected chi connectivity index (χ4v) is 13.7. The topological polar surface area (TPSA) is 242 Å². The first-order chi connectivity index (χ1) is 45.2. The Balaban J connectivity index is 1.92. The Morgan fingerprint density at radius 2 is 0.882 bits per heavy atom. The lowest BCUT2D eigenvalue weighted by molar-refractivity contribution is -0.176. The molecular weight excluding hydrogens is 1200 g/mol. The van der Waals surface area contributed by atoms with E-state index in [9.17, 15) is 43.7 Å². The van der Waals surface area contributed by atoms with Crippen LogP contribution in [0.25, 0.3) is 0 Å². The summed E-state index contributed by atoms with van der Waals surface area (Å²) in [7, 11) is -5.61. The summed E-state index contributed by atoms with van der Waals surface area (Å²) in [6.07, 6.45) is 52.9. The highest BCUT2D eigenvalue weighted by Gasteiger charge is 2.60. The third-order valence-corrected chi connectivity index (χ3v) is 19.2. The zero-order valence-electron chi connectivity index (χ0n) is 59.0. The van der Waals surface area contributed by atoms with Crippen LogP contribution in [0.1, 0.15) is 372 Å². The van der Waals surface area contributed by atoms with E-state index in [1.54, 1.807) is 12.1 Å². The van der Waals surface area contributed by atoms with Crippen LogP contribution in [0.4, 0.5) is 0 Å². The first-order valence-electron chi connectivity index (χ1n) is 38.0. The van der Waals surface area contributed by atoms with Crippen LogP contribution >= 0.6 is 7.82 Å². The largest absolute Gasteiger partial charge is 0.490 e. The number of rotatable bonds is 64. The number of esters is 1. The van der Waals surface area contributed by atoms with Gasteiger partial charge < -0.3 is 43.7 Å². The predicted molar refractivity (Wildman–Crippen MR) is 375 cm³/mol. The molecule has 1 aromatic carbocycles. The summed E-state index contributed by atoms with van der Waals surface area (Å²) in [5.74, 6) is -1.55. The Morgan fingerprint density at radius 3 is 1.20 bits per heavy atom. The average molecular weight is 1330 g/mol. The molecule has 1 fully saturated rings. The Kier molecular flexibility index (Phi) is 47.9. The summed E-state index contributed by atoms with van der Waals surface area (Å²) in [5, 5.41) is 20.8. The molecule has 0 aliphatic carbocycles. The average Bonchev–Trinajstić information content (AvgIpc) is 1.64. The van der Waals surface area contributed by atoms with Crippen molar-refractivity contribution in [3.63, 3.8) is 0 Å². The van der Waals surface area contributed by atoms with Gasteiger partial charge in [-0.2, -0.15) is 0 Å². The molecule has 0 radical (unpaired) electrons. The van der Waals surface area contributed by atoms with Gasteiger partial charge in [-0.25, -0.2) is 9.36 Å². The highest BCUT2D eigenvalue weighted by molar-refractivity contribution is 7.46. The summed E-state index contributed by atoms with van der Waals surface area (Å²) < 4.78 is 52.6. The molecule has 3 rings (SSSR count). The molecule has 1 aliphatic rings. The number of carboxylic acid groups (broad SMARTS) is 1. The minimum absolute atomic E-state index is 0.0681. The Hall–Kier alpha value is -3.73. The Morgan fingerprint density at radius 1 is 0.548 bits per heavy atom. The number of aromatic amines is 1. The Bertz CT molecular complexity index is 2320. The van der Waals surface area contributed by atoms with Crippen molar-refractivity contribution >= 4 is 19.8 Å². The fourth-order valence-electron chi connectivity index (χ4n) is 13.0. The van der Waals surface area contributed by atoms with Crippen LogP contribution in [0.3, 0.4) is 0 Å². The van der Waals surface area contributed by atoms with Crippen molar-refractivity contribution in [2.75, 3.05) is 26.4 Å². The van der Waals surface area contributed by atoms with Gasteiger partial charge >= 0.3 is 25.5 Å². The second kappa shape index (κ2) is 53.3. The van der Waals surface area contributed by atoms with Gasteiger partial charge in [0, 0.05) is 23.7 Å². The van der Waals surface area contributed by atoms with Crippen LogP contribution in [-0.2, 0) is 28.2 Å². The highest BCUT2D eigenvalue weighted by Crippen LogP contribution is 2.57. The molecule has 2 heterocycles. The third-order valence-electron chi connectivity index (χ3n) is 18.6. The summed E-state index contributed by atoms with van der Waals surface area (Å²) in [5.41, 5.74) is -3.83. The van der Waals surface area contributed by atoms with E-state index < -0.39 is 80.9 Å². The van der Waals surface area contributed by atoms with E-state index in [0.717, 1.165) is 68.8 Å². The van der Waals surface area contributed by atoms with Crippen molar-refractivity contribution in [3.8, 4) is 17.2 Å². The van der Waals surface area contributed by atoms with Gasteiger partial charge in [-0.05, 0) is 38.3 Å². The van der Waals surface area contributed by atoms with Gasteiger partial charge in [0.2, 0.25) is 5.75 Å². The zero-order valence-corrected chi connectivity index (χ0v) is 59.9. The molecule has 5 N–H and O–H groups in total. The van der Waals surface area contributed by atoms with Crippen molar-refractivity contribution in [1.29, 1.82) is 0 Å². The molecule has 93 heavy (non-hydrogen) atoms. The maximum Gasteiger partial charge on any atom is 0.470 e. The second-order valence-corrected chi connectivity index (χ2v) is 28.2. The fraction of sp³-hybridized carbons (Fsp3) is 0.840. The number of H-pyrrole nitrogens is 1. The molecule has 0 bridgehead atoms. The number of aryl methyl sites for hydroxylation is 1. The lowest BCUT2D eigenvalue weighted by Crippen LogP contribution is -2.49. The molecule has 1 saturated heterocycles. The summed E-state index contributed by atoms with van der Waals surface area (Å²) in [4.78, 5) is 75.5. The number of unbranched alkanes of at least 4 members (excludes halogenated alkanes) is 45. The second-order valence-electron chi connectivity index (χ2n) is 27.0. The number of aliphatic hydroxyl groups is 1. The number of carbonyl (C=O) groups excluding carboxylic acids is 1. The number of carboxylic acids is 1. The maximum atomic E-state index is 14.0. The number of hydrogen-bond acceptors (Lipinski definition) is 12. The third kappa shape index (κ3) is 38.1. The van der Waals surface area contributed by atoms with Crippen molar-refractivity contribution in [3.05, 3.63) is 50.3 Å². The quantitative estimate of drug-likeness (QED) is 0.0235. The van der Waals surface area contributed by atoms with Gasteiger partial charge in [-0.1, -0.05) is 310 Å². The number of nitrogens with one attached hydrogen (secondary N) is 1. The van der Waals surface area contributed by atoms with Gasteiger partial charge in [0.15, 0.2) is 23.2 Å². The monoisotopic (exact) mass is 1330 g/mol.